The van der Waals surface area contributed by atoms with E-state index in [9.17, 15) is 4.79 Å². The van der Waals surface area contributed by atoms with Gasteiger partial charge in [0.25, 0.3) is 0 Å². The Morgan fingerprint density at radius 2 is 1.70 bits per heavy atom. The van der Waals surface area contributed by atoms with Gasteiger partial charge in [-0.1, -0.05) is 54.6 Å². The van der Waals surface area contributed by atoms with Gasteiger partial charge < -0.3 is 4.90 Å². The van der Waals surface area contributed by atoms with Crippen molar-refractivity contribution < 1.29 is 4.79 Å². The summed E-state index contributed by atoms with van der Waals surface area (Å²) in [5.74, 6) is 0. The number of aromatic nitrogens is 2. The Morgan fingerprint density at radius 1 is 0.957 bits per heavy atom. The summed E-state index contributed by atoms with van der Waals surface area (Å²) in [6.07, 6.45) is 4.31. The smallest absolute Gasteiger partial charge is 0.319 e. The zero-order valence-electron chi connectivity index (χ0n) is 12.7. The molecule has 0 unspecified atom stereocenters. The minimum absolute atomic E-state index is 0.0193. The van der Waals surface area contributed by atoms with Crippen molar-refractivity contribution in [3.63, 3.8) is 0 Å². The largest absolute Gasteiger partial charge is 0.329 e. The van der Waals surface area contributed by atoms with Crippen molar-refractivity contribution in [2.75, 3.05) is 6.54 Å². The fourth-order valence-electron chi connectivity index (χ4n) is 3.01. The summed E-state index contributed by atoms with van der Waals surface area (Å²) < 4.78 is 1.58. The molecular weight excluding hydrogens is 286 g/mol. The highest BCUT2D eigenvalue weighted by atomic mass is 16.2. The van der Waals surface area contributed by atoms with Crippen LogP contribution in [0.4, 0.5) is 4.79 Å². The standard InChI is InChI=1S/C19H17N3O/c23-19(21-11-10-15-6-4-5-9-17(15)12-21)22-13-18(20-14-22)16-7-2-1-3-8-16/h1-9,13-14H,10-12H2. The molecular formula is C19H17N3O. The van der Waals surface area contributed by atoms with Crippen molar-refractivity contribution in [2.24, 2.45) is 0 Å². The lowest BCUT2D eigenvalue weighted by Crippen LogP contribution is -2.38. The highest BCUT2D eigenvalue weighted by Gasteiger charge is 2.21. The van der Waals surface area contributed by atoms with Gasteiger partial charge in [0.1, 0.15) is 6.33 Å². The first-order valence-corrected chi connectivity index (χ1v) is 7.77. The Bertz CT molecular complexity index is 839. The molecule has 1 aromatic heterocycles. The number of hydrogen-bond acceptors (Lipinski definition) is 2. The van der Waals surface area contributed by atoms with Crippen LogP contribution in [0.2, 0.25) is 0 Å². The summed E-state index contributed by atoms with van der Waals surface area (Å²) in [5.41, 5.74) is 4.40. The molecule has 3 aromatic rings. The molecule has 1 amide bonds. The summed E-state index contributed by atoms with van der Waals surface area (Å²) in [6, 6.07) is 18.2. The van der Waals surface area contributed by atoms with Crippen LogP contribution in [0.25, 0.3) is 11.3 Å². The van der Waals surface area contributed by atoms with Crippen molar-refractivity contribution >= 4 is 6.03 Å². The van der Waals surface area contributed by atoms with Gasteiger partial charge in [-0.2, -0.15) is 0 Å². The van der Waals surface area contributed by atoms with Gasteiger partial charge >= 0.3 is 6.03 Å². The number of nitrogens with zero attached hydrogens (tertiary/aromatic N) is 3. The lowest BCUT2D eigenvalue weighted by Gasteiger charge is -2.28. The van der Waals surface area contributed by atoms with Crippen molar-refractivity contribution in [3.8, 4) is 11.3 Å². The first-order valence-electron chi connectivity index (χ1n) is 7.77. The average Bonchev–Trinajstić information content (AvgIpc) is 3.11. The molecule has 1 aliphatic rings. The van der Waals surface area contributed by atoms with E-state index in [1.807, 2.05) is 41.3 Å². The second-order valence-corrected chi connectivity index (χ2v) is 5.76. The zero-order valence-corrected chi connectivity index (χ0v) is 12.7. The maximum absolute atomic E-state index is 12.7. The van der Waals surface area contributed by atoms with E-state index in [4.69, 9.17) is 0 Å². The van der Waals surface area contributed by atoms with Crippen LogP contribution in [-0.4, -0.2) is 27.0 Å². The molecule has 0 bridgehead atoms. The fraction of sp³-hybridized carbons (Fsp3) is 0.158. The lowest BCUT2D eigenvalue weighted by molar-refractivity contribution is 0.194. The van der Waals surface area contributed by atoms with Gasteiger partial charge in [0.05, 0.1) is 5.69 Å². The average molecular weight is 303 g/mol. The van der Waals surface area contributed by atoms with Gasteiger partial charge in [-0.15, -0.1) is 0 Å². The Labute approximate surface area is 135 Å². The molecule has 0 atom stereocenters. The summed E-state index contributed by atoms with van der Waals surface area (Å²) in [7, 11) is 0. The van der Waals surface area contributed by atoms with Crippen LogP contribution in [-0.2, 0) is 13.0 Å². The Kier molecular flexibility index (Phi) is 3.42. The minimum atomic E-state index is -0.0193. The third-order valence-corrected chi connectivity index (χ3v) is 4.27. The predicted molar refractivity (Wildman–Crippen MR) is 89.0 cm³/mol. The normalized spacial score (nSPS) is 13.7. The van der Waals surface area contributed by atoms with Crippen molar-refractivity contribution in [1.29, 1.82) is 0 Å². The molecule has 0 saturated carbocycles. The van der Waals surface area contributed by atoms with E-state index < -0.39 is 0 Å². The molecule has 1 aliphatic heterocycles. The number of imidazole rings is 1. The van der Waals surface area contributed by atoms with Crippen LogP contribution < -0.4 is 0 Å². The quantitative estimate of drug-likeness (QED) is 0.689. The van der Waals surface area contributed by atoms with Gasteiger partial charge in [-0.25, -0.2) is 9.78 Å². The number of amides is 1. The zero-order chi connectivity index (χ0) is 15.6. The second-order valence-electron chi connectivity index (χ2n) is 5.76. The van der Waals surface area contributed by atoms with Crippen molar-refractivity contribution in [3.05, 3.63) is 78.2 Å². The van der Waals surface area contributed by atoms with Gasteiger partial charge in [0.2, 0.25) is 0 Å². The Balaban J connectivity index is 1.55. The van der Waals surface area contributed by atoms with E-state index in [-0.39, 0.29) is 6.03 Å². The third-order valence-electron chi connectivity index (χ3n) is 4.27. The summed E-state index contributed by atoms with van der Waals surface area (Å²) >= 11 is 0. The van der Waals surface area contributed by atoms with Gasteiger partial charge in [0.15, 0.2) is 0 Å². The van der Waals surface area contributed by atoms with E-state index in [0.29, 0.717) is 6.54 Å². The van der Waals surface area contributed by atoms with Gasteiger partial charge in [0, 0.05) is 24.8 Å². The molecule has 0 fully saturated rings. The molecule has 4 nitrogen and oxygen atoms in total. The molecule has 0 aliphatic carbocycles. The number of rotatable bonds is 1. The monoisotopic (exact) mass is 303 g/mol. The maximum atomic E-state index is 12.7. The van der Waals surface area contributed by atoms with Crippen LogP contribution in [0.15, 0.2) is 67.1 Å². The summed E-state index contributed by atoms with van der Waals surface area (Å²) in [4.78, 5) is 18.9. The molecule has 0 N–H and O–H groups in total. The molecule has 4 heteroatoms. The first kappa shape index (κ1) is 13.8. The first-order chi connectivity index (χ1) is 11.3. The lowest BCUT2D eigenvalue weighted by atomic mass is 10.0. The topological polar surface area (TPSA) is 38.1 Å². The highest BCUT2D eigenvalue weighted by Crippen LogP contribution is 2.20. The van der Waals surface area contributed by atoms with Crippen LogP contribution >= 0.6 is 0 Å². The van der Waals surface area contributed by atoms with Gasteiger partial charge in [-0.3, -0.25) is 4.57 Å². The molecule has 114 valence electrons. The van der Waals surface area contributed by atoms with E-state index in [1.165, 1.54) is 11.1 Å². The number of fused-ring (bicyclic) bond motifs is 1. The Hall–Kier alpha value is -2.88. The molecule has 0 radical (unpaired) electrons. The number of hydrogen-bond donors (Lipinski definition) is 0. The van der Waals surface area contributed by atoms with Crippen LogP contribution in [0.5, 0.6) is 0 Å². The van der Waals surface area contributed by atoms with Crippen molar-refractivity contribution in [2.45, 2.75) is 13.0 Å². The highest BCUT2D eigenvalue weighted by molar-refractivity contribution is 5.78. The van der Waals surface area contributed by atoms with E-state index >= 15 is 0 Å². The molecule has 0 spiro atoms. The van der Waals surface area contributed by atoms with Crippen LogP contribution in [0.1, 0.15) is 11.1 Å². The minimum Gasteiger partial charge on any atom is -0.319 e. The third kappa shape index (κ3) is 2.63. The van der Waals surface area contributed by atoms with Crippen molar-refractivity contribution in [1.82, 2.24) is 14.5 Å². The van der Waals surface area contributed by atoms with E-state index in [1.54, 1.807) is 17.1 Å². The van der Waals surface area contributed by atoms with Crippen LogP contribution in [0.3, 0.4) is 0 Å². The number of carbonyl (C=O) groups is 1. The molecule has 2 heterocycles. The number of benzene rings is 2. The number of carbonyl (C=O) groups excluding carboxylic acids is 1. The Morgan fingerprint density at radius 3 is 2.52 bits per heavy atom. The fourth-order valence-corrected chi connectivity index (χ4v) is 3.01. The van der Waals surface area contributed by atoms with Crippen LogP contribution in [0, 0.1) is 0 Å². The maximum Gasteiger partial charge on any atom is 0.329 e. The van der Waals surface area contributed by atoms with E-state index in [2.05, 4.69) is 23.2 Å². The molecule has 2 aromatic carbocycles. The summed E-state index contributed by atoms with van der Waals surface area (Å²) in [5, 5.41) is 0. The molecule has 23 heavy (non-hydrogen) atoms. The van der Waals surface area contributed by atoms with E-state index in [0.717, 1.165) is 24.2 Å². The molecule has 4 rings (SSSR count). The van der Waals surface area contributed by atoms with Gasteiger partial charge in [-0.05, 0) is 17.5 Å². The SMILES string of the molecule is O=C(N1CCc2ccccc2C1)n1cnc(-c2ccccc2)c1. The second kappa shape index (κ2) is 5.72. The molecule has 0 saturated heterocycles. The predicted octanol–water partition coefficient (Wildman–Crippen LogP) is 3.58. The summed E-state index contributed by atoms with van der Waals surface area (Å²) in [6.45, 7) is 1.41.